The summed E-state index contributed by atoms with van der Waals surface area (Å²) in [5.41, 5.74) is 18.5. The first-order chi connectivity index (χ1) is 41.9. The van der Waals surface area contributed by atoms with Crippen LogP contribution < -0.4 is 4.90 Å². The molecule has 0 fully saturated rings. The van der Waals surface area contributed by atoms with Gasteiger partial charge in [-0.15, -0.1) is 0 Å². The molecule has 0 unspecified atom stereocenters. The third kappa shape index (κ3) is 7.69. The lowest BCUT2D eigenvalue weighted by Gasteiger charge is -2.29. The van der Waals surface area contributed by atoms with E-state index in [0.717, 1.165) is 83.3 Å². The second-order valence-corrected chi connectivity index (χ2v) is 23.2. The maximum absolute atomic E-state index is 5.63. The highest BCUT2D eigenvalue weighted by molar-refractivity contribution is 6.28. The van der Waals surface area contributed by atoms with E-state index in [9.17, 15) is 0 Å². The topological polar surface area (TPSA) is 34.0 Å². The third-order valence-corrected chi connectivity index (χ3v) is 18.1. The second-order valence-electron chi connectivity index (χ2n) is 23.2. The molecule has 1 aliphatic rings. The van der Waals surface area contributed by atoms with E-state index < -0.39 is 0 Å². The van der Waals surface area contributed by atoms with Crippen molar-refractivity contribution >= 4 is 92.7 Å². The molecule has 0 saturated carbocycles. The lowest BCUT2D eigenvalue weighted by Crippen LogP contribution is -2.16. The van der Waals surface area contributed by atoms with Gasteiger partial charge in [0.15, 0.2) is 0 Å². The molecule has 4 nitrogen and oxygen atoms in total. The summed E-state index contributed by atoms with van der Waals surface area (Å²) in [7, 11) is 0. The molecule has 0 amide bonds. The summed E-state index contributed by atoms with van der Waals surface area (Å²) in [5.74, 6) is 0.607. The van der Waals surface area contributed by atoms with Gasteiger partial charge in [-0.1, -0.05) is 250 Å². The van der Waals surface area contributed by atoms with Crippen LogP contribution in [0.4, 0.5) is 17.1 Å². The van der Waals surface area contributed by atoms with Gasteiger partial charge in [0.2, 0.25) is 5.95 Å². The molecule has 85 heavy (non-hydrogen) atoms. The summed E-state index contributed by atoms with van der Waals surface area (Å²) in [4.78, 5) is 13.8. The predicted molar refractivity (Wildman–Crippen MR) is 358 cm³/mol. The summed E-state index contributed by atoms with van der Waals surface area (Å²) < 4.78 is 2.36. The van der Waals surface area contributed by atoms with Gasteiger partial charge >= 0.3 is 0 Å². The number of benzene rings is 14. The van der Waals surface area contributed by atoms with E-state index in [1.807, 2.05) is 0 Å². The van der Waals surface area contributed by atoms with Crippen LogP contribution in [0.1, 0.15) is 25.0 Å². The fraction of sp³-hybridized carbons (Fsp3) is 0.0370. The number of anilines is 3. The number of hydrogen-bond donors (Lipinski definition) is 0. The zero-order valence-corrected chi connectivity index (χ0v) is 47.0. The van der Waals surface area contributed by atoms with Gasteiger partial charge in [-0.25, -0.2) is 9.97 Å². The minimum atomic E-state index is -0.379. The van der Waals surface area contributed by atoms with Gasteiger partial charge in [0, 0.05) is 49.5 Å². The highest BCUT2D eigenvalue weighted by Crippen LogP contribution is 2.56. The van der Waals surface area contributed by atoms with Crippen LogP contribution >= 0.6 is 0 Å². The Balaban J connectivity index is 0.959. The molecule has 4 heteroatoms. The Hall–Kier alpha value is -10.9. The van der Waals surface area contributed by atoms with Crippen molar-refractivity contribution in [1.82, 2.24) is 14.5 Å². The van der Waals surface area contributed by atoms with Gasteiger partial charge in [-0.2, -0.15) is 0 Å². The Morgan fingerprint density at radius 3 is 1.42 bits per heavy atom. The van der Waals surface area contributed by atoms with Crippen LogP contribution in [-0.4, -0.2) is 14.5 Å². The first-order valence-electron chi connectivity index (χ1n) is 29.4. The Bertz CT molecular complexity index is 5240. The van der Waals surface area contributed by atoms with Crippen molar-refractivity contribution in [3.63, 3.8) is 0 Å². The average Bonchev–Trinajstić information content (AvgIpc) is 1.91. The van der Waals surface area contributed by atoms with Crippen molar-refractivity contribution in [2.24, 2.45) is 0 Å². The highest BCUT2D eigenvalue weighted by atomic mass is 15.2. The molecule has 0 bridgehead atoms. The van der Waals surface area contributed by atoms with E-state index >= 15 is 0 Å². The third-order valence-electron chi connectivity index (χ3n) is 18.1. The molecule has 0 aliphatic heterocycles. The van der Waals surface area contributed by atoms with Crippen LogP contribution in [0.15, 0.2) is 291 Å². The molecule has 2 aromatic heterocycles. The van der Waals surface area contributed by atoms with E-state index in [1.54, 1.807) is 0 Å². The number of fused-ring (bicyclic) bond motifs is 15. The molecule has 0 atom stereocenters. The van der Waals surface area contributed by atoms with E-state index in [4.69, 9.17) is 9.97 Å². The van der Waals surface area contributed by atoms with Gasteiger partial charge in [0.1, 0.15) is 0 Å². The van der Waals surface area contributed by atoms with Gasteiger partial charge in [0.05, 0.1) is 28.1 Å². The minimum absolute atomic E-state index is 0.379. The smallest absolute Gasteiger partial charge is 0.235 e. The SMILES string of the molecule is CC1(C)c2cc3c(cc2-c2ccc4c5ccccc5c5ccccc5c4c21)c1ccc(N(c2cccc(-c4cccc(-c5ccccc5)c4)c2)c2c4ccccc4cc4ccccc24)cc1n3-c1nc(-c2ccccc2)cc(-c2ccccc2)n1. The van der Waals surface area contributed by atoms with E-state index in [-0.39, 0.29) is 5.41 Å². The summed E-state index contributed by atoms with van der Waals surface area (Å²) in [6.07, 6.45) is 0. The number of nitrogens with zero attached hydrogens (tertiary/aromatic N) is 4. The average molecular weight is 1080 g/mol. The van der Waals surface area contributed by atoms with Crippen molar-refractivity contribution in [2.75, 3.05) is 4.90 Å². The Kier molecular flexibility index (Phi) is 10.9. The Morgan fingerprint density at radius 2 is 0.788 bits per heavy atom. The summed E-state index contributed by atoms with van der Waals surface area (Å²) in [5, 5.41) is 14.7. The highest BCUT2D eigenvalue weighted by Gasteiger charge is 2.39. The number of hydrogen-bond acceptors (Lipinski definition) is 3. The lowest BCUT2D eigenvalue weighted by molar-refractivity contribution is 0.667. The number of rotatable bonds is 8. The molecule has 398 valence electrons. The fourth-order valence-electron chi connectivity index (χ4n) is 14.2. The van der Waals surface area contributed by atoms with Crippen LogP contribution in [0.25, 0.3) is 138 Å². The van der Waals surface area contributed by atoms with E-state index in [2.05, 4.69) is 315 Å². The van der Waals surface area contributed by atoms with Crippen LogP contribution in [0.5, 0.6) is 0 Å². The van der Waals surface area contributed by atoms with E-state index in [1.165, 1.54) is 76.5 Å². The largest absolute Gasteiger partial charge is 0.309 e. The molecule has 1 aliphatic carbocycles. The van der Waals surface area contributed by atoms with Gasteiger partial charge in [-0.05, 0) is 142 Å². The van der Waals surface area contributed by atoms with Crippen LogP contribution in [-0.2, 0) is 5.41 Å². The van der Waals surface area contributed by atoms with Crippen molar-refractivity contribution in [3.05, 3.63) is 302 Å². The van der Waals surface area contributed by atoms with Gasteiger partial charge in [0.25, 0.3) is 0 Å². The molecule has 0 saturated heterocycles. The van der Waals surface area contributed by atoms with E-state index in [0.29, 0.717) is 5.95 Å². The van der Waals surface area contributed by atoms with Crippen molar-refractivity contribution < 1.29 is 0 Å². The van der Waals surface area contributed by atoms with Gasteiger partial charge < -0.3 is 4.90 Å². The van der Waals surface area contributed by atoms with Crippen molar-refractivity contribution in [2.45, 2.75) is 19.3 Å². The van der Waals surface area contributed by atoms with Crippen molar-refractivity contribution in [3.8, 4) is 61.8 Å². The fourth-order valence-corrected chi connectivity index (χ4v) is 14.2. The summed E-state index contributed by atoms with van der Waals surface area (Å²) in [6.45, 7) is 4.85. The molecular weight excluding hydrogens is 1030 g/mol. The molecule has 0 N–H and O–H groups in total. The second kappa shape index (κ2) is 19.1. The first kappa shape index (κ1) is 48.7. The van der Waals surface area contributed by atoms with Crippen LogP contribution in [0.2, 0.25) is 0 Å². The Morgan fingerprint density at radius 1 is 0.318 bits per heavy atom. The quantitative estimate of drug-likeness (QED) is 0.112. The van der Waals surface area contributed by atoms with Crippen molar-refractivity contribution in [1.29, 1.82) is 0 Å². The maximum Gasteiger partial charge on any atom is 0.235 e. The molecule has 14 aromatic carbocycles. The normalized spacial score (nSPS) is 12.7. The monoisotopic (exact) mass is 1080 g/mol. The summed E-state index contributed by atoms with van der Waals surface area (Å²) in [6, 6.07) is 107. The molecular formula is C81H54N4. The number of aromatic nitrogens is 3. The van der Waals surface area contributed by atoms with Gasteiger partial charge in [-0.3, -0.25) is 4.57 Å². The first-order valence-corrected chi connectivity index (χ1v) is 29.4. The summed E-state index contributed by atoms with van der Waals surface area (Å²) >= 11 is 0. The zero-order valence-electron chi connectivity index (χ0n) is 47.0. The lowest BCUT2D eigenvalue weighted by atomic mass is 9.78. The maximum atomic E-state index is 5.63. The standard InChI is InChI=1S/C81H54N4/c1-81(2)72-49-76-71(48-70(72)69-43-42-68-65-38-17-16-36-63(65)64-37-18-19-39-67(64)77(68)78(69)81)66-41-40-60(47-75(66)85(76)80-82-73(52-24-8-4-9-25-52)50-74(83-80)53-26-10-5-11-27-53)84(79-61-34-14-12-28-57(61)45-58-29-13-15-35-62(58)79)59-33-21-32-56(46-59)55-31-20-30-54(44-55)51-22-6-3-7-23-51/h3-50H,1-2H3. The predicted octanol–water partition coefficient (Wildman–Crippen LogP) is 21.8. The molecule has 0 radical (unpaired) electrons. The molecule has 17 rings (SSSR count). The van der Waals surface area contributed by atoms with Crippen LogP contribution in [0.3, 0.4) is 0 Å². The molecule has 16 aromatic rings. The Labute approximate surface area is 492 Å². The van der Waals surface area contributed by atoms with Crippen LogP contribution in [0, 0.1) is 0 Å². The zero-order chi connectivity index (χ0) is 56.3. The molecule has 2 heterocycles. The minimum Gasteiger partial charge on any atom is -0.309 e. The molecule has 0 spiro atoms.